The zero-order valence-corrected chi connectivity index (χ0v) is 24.5. The Labute approximate surface area is 247 Å². The number of aromatic hydroxyl groups is 1. The topological polar surface area (TPSA) is 261 Å². The first-order valence-electron chi connectivity index (χ1n) is 13.4. The lowest BCUT2D eigenvalue weighted by Gasteiger charge is -2.58. The standard InChI is InChI=1S/C28H36N8O7/c1-6-33-25(43)34-9-12-7-14(35(2)3)13-8-26(31)10-28(32)21(36(4)5)20(39)16(24(30)42)22(40)27(28,11-29)23(41)17(26)19(38)15(13)18(12)37/h7,21,37-38,40H,6,8-10,31-32H2,1-5H3,(H2,30,42)(H2,33,34,43)/t21-,26-,27+,28-/m1/s1. The zero-order chi connectivity index (χ0) is 32.4. The fourth-order valence-corrected chi connectivity index (χ4v) is 6.87. The average molecular weight is 597 g/mol. The minimum atomic E-state index is -2.75. The van der Waals surface area contributed by atoms with Crippen LogP contribution < -0.4 is 32.7 Å². The summed E-state index contributed by atoms with van der Waals surface area (Å²) in [6.45, 7) is 1.94. The summed E-state index contributed by atoms with van der Waals surface area (Å²) >= 11 is 0. The van der Waals surface area contributed by atoms with Crippen molar-refractivity contribution >= 4 is 35.0 Å². The molecule has 0 saturated heterocycles. The summed E-state index contributed by atoms with van der Waals surface area (Å²) in [5.41, 5.74) is 11.8. The molecule has 1 fully saturated rings. The van der Waals surface area contributed by atoms with Gasteiger partial charge in [-0.2, -0.15) is 5.26 Å². The van der Waals surface area contributed by atoms with Crippen LogP contribution in [0, 0.1) is 16.7 Å². The van der Waals surface area contributed by atoms with E-state index in [9.17, 15) is 39.8 Å². The van der Waals surface area contributed by atoms with Crippen molar-refractivity contribution in [2.45, 2.75) is 43.4 Å². The van der Waals surface area contributed by atoms with Gasteiger partial charge < -0.3 is 48.1 Å². The van der Waals surface area contributed by atoms with Crippen molar-refractivity contribution in [1.29, 1.82) is 5.26 Å². The predicted octanol–water partition coefficient (Wildman–Crippen LogP) is -1.21. The number of Topliss-reactive ketones (excluding diaryl/α,β-unsaturated/α-hetero) is 2. The number of nitrogens with zero attached hydrogens (tertiary/aromatic N) is 3. The number of rotatable bonds is 6. The van der Waals surface area contributed by atoms with Gasteiger partial charge in [-0.25, -0.2) is 4.79 Å². The Kier molecular flexibility index (Phi) is 7.47. The van der Waals surface area contributed by atoms with Crippen molar-refractivity contribution < 1.29 is 34.5 Å². The van der Waals surface area contributed by atoms with Gasteiger partial charge in [-0.3, -0.25) is 19.3 Å². The molecule has 4 rings (SSSR count). The van der Waals surface area contributed by atoms with Crippen LogP contribution in [0.5, 0.6) is 5.75 Å². The fourth-order valence-electron chi connectivity index (χ4n) is 6.87. The number of hydrogen-bond donors (Lipinski definition) is 8. The summed E-state index contributed by atoms with van der Waals surface area (Å²) in [5.74, 6) is -6.02. The normalized spacial score (nSPS) is 28.1. The summed E-state index contributed by atoms with van der Waals surface area (Å²) in [6.07, 6.45) is -0.655. The van der Waals surface area contributed by atoms with Gasteiger partial charge in [0.1, 0.15) is 22.8 Å². The van der Waals surface area contributed by atoms with Gasteiger partial charge in [0, 0.05) is 38.4 Å². The van der Waals surface area contributed by atoms with Gasteiger partial charge in [0.15, 0.2) is 17.0 Å². The molecule has 1 saturated carbocycles. The number of carbonyl (C=O) groups excluding carboxylic acids is 4. The number of nitrogens with one attached hydrogen (secondary N) is 2. The minimum absolute atomic E-state index is 0.151. The minimum Gasteiger partial charge on any atom is -0.509 e. The van der Waals surface area contributed by atoms with Gasteiger partial charge in [-0.15, -0.1) is 0 Å². The second kappa shape index (κ2) is 10.3. The number of carbonyl (C=O) groups is 4. The molecule has 0 aromatic heterocycles. The van der Waals surface area contributed by atoms with Crippen LogP contribution in [0.3, 0.4) is 0 Å². The molecule has 1 aromatic rings. The Bertz CT molecular complexity index is 1580. The Morgan fingerprint density at radius 2 is 1.77 bits per heavy atom. The van der Waals surface area contributed by atoms with Crippen LogP contribution in [0.15, 0.2) is 23.0 Å². The van der Waals surface area contributed by atoms with Gasteiger partial charge in [0.25, 0.3) is 5.91 Å². The van der Waals surface area contributed by atoms with Crippen LogP contribution >= 0.6 is 0 Å². The van der Waals surface area contributed by atoms with Crippen LogP contribution in [0.2, 0.25) is 0 Å². The van der Waals surface area contributed by atoms with Crippen LogP contribution in [0.4, 0.5) is 10.5 Å². The molecule has 43 heavy (non-hydrogen) atoms. The van der Waals surface area contributed by atoms with E-state index in [0.29, 0.717) is 17.8 Å². The third-order valence-corrected chi connectivity index (χ3v) is 8.56. The van der Waals surface area contributed by atoms with Crippen LogP contribution in [-0.2, 0) is 27.3 Å². The molecule has 0 radical (unpaired) electrons. The van der Waals surface area contributed by atoms with E-state index < -0.39 is 80.9 Å². The first-order chi connectivity index (χ1) is 19.9. The fraction of sp³-hybridized carbons (Fsp3) is 0.464. The highest BCUT2D eigenvalue weighted by molar-refractivity contribution is 6.25. The molecule has 0 bridgehead atoms. The van der Waals surface area contributed by atoms with E-state index in [0.717, 1.165) is 0 Å². The van der Waals surface area contributed by atoms with E-state index >= 15 is 0 Å². The van der Waals surface area contributed by atoms with Crippen LogP contribution in [0.25, 0.3) is 5.76 Å². The number of nitriles is 1. The van der Waals surface area contributed by atoms with Crippen molar-refractivity contribution in [2.24, 2.45) is 22.6 Å². The van der Waals surface area contributed by atoms with E-state index in [-0.39, 0.29) is 24.1 Å². The van der Waals surface area contributed by atoms with E-state index in [1.807, 2.05) is 0 Å². The molecule has 230 valence electrons. The van der Waals surface area contributed by atoms with E-state index in [2.05, 4.69) is 10.6 Å². The first-order valence-corrected chi connectivity index (χ1v) is 13.4. The summed E-state index contributed by atoms with van der Waals surface area (Å²) < 4.78 is 0. The smallest absolute Gasteiger partial charge is 0.315 e. The molecule has 15 nitrogen and oxygen atoms in total. The second-order valence-corrected chi connectivity index (χ2v) is 11.6. The Morgan fingerprint density at radius 3 is 2.28 bits per heavy atom. The Morgan fingerprint density at radius 1 is 1.14 bits per heavy atom. The molecule has 0 heterocycles. The monoisotopic (exact) mass is 596 g/mol. The molecule has 3 amide bonds. The maximum atomic E-state index is 14.5. The molecular formula is C28H36N8O7. The van der Waals surface area contributed by atoms with Gasteiger partial charge in [0.2, 0.25) is 0 Å². The number of urea groups is 1. The van der Waals surface area contributed by atoms with E-state index in [1.54, 1.807) is 38.1 Å². The third-order valence-electron chi connectivity index (χ3n) is 8.56. The molecule has 3 aliphatic rings. The highest BCUT2D eigenvalue weighted by Gasteiger charge is 2.74. The van der Waals surface area contributed by atoms with Gasteiger partial charge in [-0.1, -0.05) is 0 Å². The number of amides is 3. The Hall–Kier alpha value is -4.65. The van der Waals surface area contributed by atoms with Gasteiger partial charge >= 0.3 is 6.03 Å². The Balaban J connectivity index is 2.05. The zero-order valence-electron chi connectivity index (χ0n) is 24.5. The van der Waals surface area contributed by atoms with Crippen molar-refractivity contribution in [3.8, 4) is 11.8 Å². The lowest BCUT2D eigenvalue weighted by molar-refractivity contribution is -0.139. The highest BCUT2D eigenvalue weighted by atomic mass is 16.3. The number of nitrogens with two attached hydrogens (primary N) is 3. The highest BCUT2D eigenvalue weighted by Crippen LogP contribution is 2.59. The SMILES string of the molecule is CCNC(=O)NCc1cc(N(C)C)c2c(c1O)C(O)=C1C(=O)[C@]3(C#N)C(O)=C(C(N)=O)C(=O)[C@@H](N(C)C)[C@]3(N)C[C@]1(N)C2. The van der Waals surface area contributed by atoms with Crippen molar-refractivity contribution in [3.63, 3.8) is 0 Å². The molecule has 1 aromatic carbocycles. The molecule has 0 unspecified atom stereocenters. The lowest BCUT2D eigenvalue weighted by Crippen LogP contribution is -2.80. The number of likely N-dealkylation sites (N-methyl/N-ethyl adjacent to an activating group) is 1. The largest absolute Gasteiger partial charge is 0.509 e. The summed E-state index contributed by atoms with van der Waals surface area (Å²) in [4.78, 5) is 55.4. The van der Waals surface area contributed by atoms with Crippen LogP contribution in [-0.4, -0.2) is 95.6 Å². The molecular weight excluding hydrogens is 560 g/mol. The maximum Gasteiger partial charge on any atom is 0.315 e. The number of phenols is 1. The number of fused-ring (bicyclic) bond motifs is 3. The number of phenolic OH excluding ortho intramolecular Hbond substituents is 1. The van der Waals surface area contributed by atoms with Crippen LogP contribution in [0.1, 0.15) is 30.0 Å². The number of benzene rings is 1. The van der Waals surface area contributed by atoms with E-state index in [1.165, 1.54) is 19.0 Å². The number of aliphatic hydroxyl groups excluding tert-OH is 2. The molecule has 0 aliphatic heterocycles. The van der Waals surface area contributed by atoms with Crippen molar-refractivity contribution in [1.82, 2.24) is 15.5 Å². The first kappa shape index (κ1) is 31.3. The van der Waals surface area contributed by atoms with Crippen molar-refractivity contribution in [2.75, 3.05) is 39.6 Å². The molecule has 11 N–H and O–H groups in total. The number of primary amides is 1. The number of ketones is 2. The number of anilines is 1. The number of aliphatic hydroxyl groups is 2. The predicted molar refractivity (Wildman–Crippen MR) is 154 cm³/mol. The van der Waals surface area contributed by atoms with Gasteiger partial charge in [0.05, 0.1) is 34.3 Å². The second-order valence-electron chi connectivity index (χ2n) is 11.6. The summed E-state index contributed by atoms with van der Waals surface area (Å²) in [6, 6.07) is 1.36. The lowest BCUT2D eigenvalue weighted by atomic mass is 9.47. The third kappa shape index (κ3) is 4.13. The summed E-state index contributed by atoms with van der Waals surface area (Å²) in [7, 11) is 6.32. The number of hydrogen-bond acceptors (Lipinski definition) is 12. The molecule has 4 atom stereocenters. The molecule has 3 aliphatic carbocycles. The molecule has 0 spiro atoms. The van der Waals surface area contributed by atoms with Crippen molar-refractivity contribution in [3.05, 3.63) is 39.7 Å². The van der Waals surface area contributed by atoms with E-state index in [4.69, 9.17) is 17.2 Å². The summed E-state index contributed by atoms with van der Waals surface area (Å²) in [5, 5.41) is 50.1. The average Bonchev–Trinajstić information content (AvgIpc) is 2.87. The quantitative estimate of drug-likeness (QED) is 0.180. The molecule has 15 heteroatoms. The van der Waals surface area contributed by atoms with Gasteiger partial charge in [-0.05, 0) is 45.5 Å². The maximum absolute atomic E-state index is 14.5.